The Morgan fingerprint density at radius 2 is 1.82 bits per heavy atom. The third-order valence-corrected chi connectivity index (χ3v) is 11.6. The number of carbonyl (C=O) groups excluding carboxylic acids is 3. The monoisotopic (exact) mass is 614 g/mol. The first-order valence-corrected chi connectivity index (χ1v) is 15.9. The van der Waals surface area contributed by atoms with E-state index in [0.29, 0.717) is 18.5 Å². The van der Waals surface area contributed by atoms with Crippen molar-refractivity contribution in [2.75, 3.05) is 26.7 Å². The average molecular weight is 615 g/mol. The van der Waals surface area contributed by atoms with Crippen molar-refractivity contribution in [3.8, 4) is 0 Å². The number of aliphatic hydroxyl groups excluding tert-OH is 1. The number of thioether (sulfide) groups is 1. The number of aromatic nitrogens is 3. The van der Waals surface area contributed by atoms with Crippen molar-refractivity contribution in [1.29, 1.82) is 0 Å². The van der Waals surface area contributed by atoms with Crippen molar-refractivity contribution in [3.05, 3.63) is 85.5 Å². The van der Waals surface area contributed by atoms with Gasteiger partial charge in [-0.15, -0.1) is 30.0 Å². The number of benzene rings is 2. The van der Waals surface area contributed by atoms with Crippen molar-refractivity contribution in [1.82, 2.24) is 29.7 Å². The molecule has 1 aromatic heterocycles. The largest absolute Gasteiger partial charge is 0.394 e. The fraction of sp³-hybridized carbons (Fsp3) is 0.424. The Balaban J connectivity index is 1.47. The normalized spacial score (nSPS) is 27.8. The number of nitrogens with zero attached hydrogens (tertiary/aromatic N) is 6. The molecule has 3 saturated heterocycles. The molecule has 0 aliphatic carbocycles. The van der Waals surface area contributed by atoms with E-state index in [1.165, 1.54) is 0 Å². The van der Waals surface area contributed by atoms with Crippen LogP contribution in [0, 0.1) is 17.8 Å². The molecule has 2 bridgehead atoms. The minimum atomic E-state index is -0.917. The second kappa shape index (κ2) is 11.9. The molecular weight excluding hydrogens is 576 g/mol. The molecule has 2 aromatic carbocycles. The highest BCUT2D eigenvalue weighted by atomic mass is 32.2. The summed E-state index contributed by atoms with van der Waals surface area (Å²) >= 11 is 1.62. The smallest absolute Gasteiger partial charge is 0.248 e. The van der Waals surface area contributed by atoms with E-state index in [9.17, 15) is 14.7 Å². The molecule has 4 heterocycles. The predicted octanol–water partition coefficient (Wildman–Crippen LogP) is 3.12. The fourth-order valence-corrected chi connectivity index (χ4v) is 10.0. The average Bonchev–Trinajstić information content (AvgIpc) is 3.75. The third-order valence-electron chi connectivity index (χ3n) is 9.56. The Kier molecular flexibility index (Phi) is 8.10. The first kappa shape index (κ1) is 30.1. The number of likely N-dealkylation sites (N-methyl/N-ethyl adjacent to an activating group) is 1. The molecule has 10 nitrogen and oxygen atoms in total. The van der Waals surface area contributed by atoms with E-state index in [0.717, 1.165) is 11.1 Å². The summed E-state index contributed by atoms with van der Waals surface area (Å²) in [5, 5.41) is 19.3. The van der Waals surface area contributed by atoms with Crippen molar-refractivity contribution >= 4 is 40.5 Å². The van der Waals surface area contributed by atoms with Crippen LogP contribution >= 0.6 is 11.8 Å². The molecule has 11 heteroatoms. The highest BCUT2D eigenvalue weighted by molar-refractivity contribution is 8.02. The van der Waals surface area contributed by atoms with Gasteiger partial charge in [-0.05, 0) is 30.0 Å². The molecule has 3 fully saturated rings. The van der Waals surface area contributed by atoms with Crippen LogP contribution in [0.4, 0.5) is 0 Å². The molecule has 0 saturated carbocycles. The number of likely N-dealkylation sites (tertiary alicyclic amines) is 1. The number of hydrogen-bond donors (Lipinski definition) is 1. The number of aliphatic hydroxyl groups is 1. The molecule has 1 spiro atoms. The van der Waals surface area contributed by atoms with Crippen LogP contribution in [0.25, 0.3) is 11.0 Å². The minimum Gasteiger partial charge on any atom is -0.394 e. The lowest BCUT2D eigenvalue weighted by Gasteiger charge is -2.42. The zero-order chi connectivity index (χ0) is 31.2. The maximum absolute atomic E-state index is 15.0. The number of hydrogen-bond acceptors (Lipinski definition) is 7. The summed E-state index contributed by atoms with van der Waals surface area (Å²) in [6, 6.07) is 15.2. The third kappa shape index (κ3) is 4.56. The molecule has 6 rings (SSSR count). The van der Waals surface area contributed by atoms with Crippen molar-refractivity contribution in [3.63, 3.8) is 0 Å². The summed E-state index contributed by atoms with van der Waals surface area (Å²) in [6.07, 6.45) is 4.05. The predicted molar refractivity (Wildman–Crippen MR) is 169 cm³/mol. The van der Waals surface area contributed by atoms with E-state index < -0.39 is 28.7 Å². The van der Waals surface area contributed by atoms with Gasteiger partial charge in [0.05, 0.1) is 34.7 Å². The van der Waals surface area contributed by atoms with Gasteiger partial charge in [0.1, 0.15) is 18.2 Å². The van der Waals surface area contributed by atoms with Crippen molar-refractivity contribution < 1.29 is 19.5 Å². The van der Waals surface area contributed by atoms with E-state index in [1.54, 1.807) is 50.3 Å². The summed E-state index contributed by atoms with van der Waals surface area (Å²) in [4.78, 5) is 48.5. The SMILES string of the molecule is C=CCN(C)C(=O)[C@@H]1[C@@H]2CC(C)C3(S2)C(C(=O)N(CC=C)Cn2nnc4ccccc42)N([C@H](CO)c2ccccc2)C(=O)[C@H]13. The fourth-order valence-electron chi connectivity index (χ4n) is 7.65. The molecule has 7 atom stereocenters. The van der Waals surface area contributed by atoms with E-state index >= 15 is 4.79 Å². The van der Waals surface area contributed by atoms with E-state index in [1.807, 2.05) is 54.6 Å². The summed E-state index contributed by atoms with van der Waals surface area (Å²) in [7, 11) is 1.73. The van der Waals surface area contributed by atoms with Gasteiger partial charge in [-0.2, -0.15) is 0 Å². The van der Waals surface area contributed by atoms with E-state index in [4.69, 9.17) is 0 Å². The van der Waals surface area contributed by atoms with E-state index in [-0.39, 0.29) is 48.7 Å². The molecule has 230 valence electrons. The molecule has 44 heavy (non-hydrogen) atoms. The van der Waals surface area contributed by atoms with Crippen LogP contribution in [0.5, 0.6) is 0 Å². The highest BCUT2D eigenvalue weighted by Gasteiger charge is 2.77. The minimum absolute atomic E-state index is 0.0212. The maximum Gasteiger partial charge on any atom is 0.248 e. The zero-order valence-corrected chi connectivity index (χ0v) is 25.8. The van der Waals surface area contributed by atoms with Gasteiger partial charge in [-0.1, -0.05) is 66.8 Å². The Morgan fingerprint density at radius 3 is 2.52 bits per heavy atom. The number of fused-ring (bicyclic) bond motifs is 2. The molecule has 3 aliphatic heterocycles. The van der Waals surface area contributed by atoms with Gasteiger partial charge >= 0.3 is 0 Å². The number of rotatable bonds is 11. The summed E-state index contributed by atoms with van der Waals surface area (Å²) in [5.74, 6) is -1.93. The Labute approximate surface area is 261 Å². The maximum atomic E-state index is 15.0. The van der Waals surface area contributed by atoms with Gasteiger partial charge in [0.2, 0.25) is 17.7 Å². The second-order valence-corrected chi connectivity index (χ2v) is 13.5. The second-order valence-electron chi connectivity index (χ2n) is 12.0. The first-order chi connectivity index (χ1) is 21.3. The molecule has 3 amide bonds. The summed E-state index contributed by atoms with van der Waals surface area (Å²) < 4.78 is 0.827. The van der Waals surface area contributed by atoms with Crippen molar-refractivity contribution in [2.45, 2.75) is 42.1 Å². The van der Waals surface area contributed by atoms with Gasteiger partial charge in [-0.3, -0.25) is 14.4 Å². The Morgan fingerprint density at radius 1 is 1.11 bits per heavy atom. The van der Waals surface area contributed by atoms with Crippen LogP contribution in [0.2, 0.25) is 0 Å². The van der Waals surface area contributed by atoms with Gasteiger partial charge in [0.25, 0.3) is 0 Å². The Hall–Kier alpha value is -3.96. The van der Waals surface area contributed by atoms with Gasteiger partial charge in [-0.25, -0.2) is 4.68 Å². The lowest BCUT2D eigenvalue weighted by Crippen LogP contribution is -2.58. The Bertz CT molecular complexity index is 1600. The van der Waals surface area contributed by atoms with Crippen LogP contribution in [0.1, 0.15) is 24.9 Å². The van der Waals surface area contributed by atoms with Crippen LogP contribution in [-0.2, 0) is 21.1 Å². The molecule has 0 radical (unpaired) electrons. The van der Waals surface area contributed by atoms with Gasteiger partial charge in [0.15, 0.2) is 0 Å². The van der Waals surface area contributed by atoms with Crippen LogP contribution in [0.3, 0.4) is 0 Å². The van der Waals surface area contributed by atoms with Crippen LogP contribution < -0.4 is 0 Å². The molecule has 1 N–H and O–H groups in total. The zero-order valence-electron chi connectivity index (χ0n) is 25.0. The quantitative estimate of drug-likeness (QED) is 0.331. The molecule has 3 aromatic rings. The standard InChI is InChI=1S/C33H38N6O4S/c1-5-16-36(4)30(41)27-26-18-21(3)33(44-26)28(27)31(42)39(25(19-40)22-12-8-7-9-13-22)29(33)32(43)37(17-6-2)20-38-24-15-11-10-14-23(24)34-35-38/h5-15,21,25-29,40H,1-2,16-20H2,3-4H3/t21?,25-,26+,27-,28+,29?,33?/m1/s1. The lowest BCUT2D eigenvalue weighted by molar-refractivity contribution is -0.147. The van der Waals surface area contributed by atoms with Crippen molar-refractivity contribution in [2.24, 2.45) is 17.8 Å². The number of para-hydroxylation sites is 1. The molecule has 3 aliphatic rings. The lowest BCUT2D eigenvalue weighted by atomic mass is 9.65. The summed E-state index contributed by atoms with van der Waals surface area (Å²) in [5.41, 5.74) is 2.22. The van der Waals surface area contributed by atoms with Crippen LogP contribution in [-0.4, -0.2) is 95.3 Å². The molecule has 3 unspecified atom stereocenters. The van der Waals surface area contributed by atoms with E-state index in [2.05, 4.69) is 30.4 Å². The summed E-state index contributed by atoms with van der Waals surface area (Å²) in [6.45, 7) is 10.1. The number of amides is 3. The number of carbonyl (C=O) groups is 3. The van der Waals surface area contributed by atoms with Gasteiger partial charge < -0.3 is 19.8 Å². The topological polar surface area (TPSA) is 112 Å². The first-order valence-electron chi connectivity index (χ1n) is 15.0. The highest BCUT2D eigenvalue weighted by Crippen LogP contribution is 2.69. The molecular formula is C33H38N6O4S. The van der Waals surface area contributed by atoms with Gasteiger partial charge in [0, 0.05) is 25.4 Å². The van der Waals surface area contributed by atoms with Crippen LogP contribution in [0.15, 0.2) is 79.9 Å².